The lowest BCUT2D eigenvalue weighted by Crippen LogP contribution is -2.13. The number of anilines is 1. The predicted molar refractivity (Wildman–Crippen MR) is 77.0 cm³/mol. The van der Waals surface area contributed by atoms with Crippen LogP contribution in [-0.2, 0) is 11.3 Å². The number of hydrogen-bond donors (Lipinski definition) is 2. The molecule has 0 fully saturated rings. The number of methoxy groups -OCH3 is 1. The molecule has 0 radical (unpaired) electrons. The molecule has 2 N–H and O–H groups in total. The second kappa shape index (κ2) is 7.15. The molecule has 1 unspecified atom stereocenters. The number of nitrogens with one attached hydrogen (secondary N) is 1. The van der Waals surface area contributed by atoms with Crippen LogP contribution in [0.1, 0.15) is 17.2 Å². The van der Waals surface area contributed by atoms with Gasteiger partial charge in [-0.15, -0.1) is 0 Å². The molecule has 0 bridgehead atoms. The van der Waals surface area contributed by atoms with E-state index in [0.717, 1.165) is 23.4 Å². The molecule has 5 heteroatoms. The molecule has 0 spiro atoms. The zero-order valence-electron chi connectivity index (χ0n) is 11.6. The Morgan fingerprint density at radius 3 is 2.71 bits per heavy atom. The van der Waals surface area contributed by atoms with Crippen LogP contribution < -0.4 is 5.32 Å². The van der Waals surface area contributed by atoms with E-state index >= 15 is 0 Å². The highest BCUT2D eigenvalue weighted by atomic mass is 19.1. The Labute approximate surface area is 122 Å². The van der Waals surface area contributed by atoms with E-state index in [1.807, 2.05) is 24.3 Å². The maximum Gasteiger partial charge on any atom is 0.131 e. The topological polar surface area (TPSA) is 41.5 Å². The smallest absolute Gasteiger partial charge is 0.131 e. The standard InChI is InChI=1S/C16H17F2NO2/c1-21-10-11-3-2-4-13(7-11)19-9-16(20)14-6-5-12(17)8-15(14)18/h2-8,16,19-20H,9-10H2,1H3. The summed E-state index contributed by atoms with van der Waals surface area (Å²) in [5, 5.41) is 13.0. The van der Waals surface area contributed by atoms with E-state index in [1.54, 1.807) is 7.11 Å². The Balaban J connectivity index is 2.00. The van der Waals surface area contributed by atoms with Crippen molar-refractivity contribution in [3.63, 3.8) is 0 Å². The van der Waals surface area contributed by atoms with Gasteiger partial charge in [0.15, 0.2) is 0 Å². The number of ether oxygens (including phenoxy) is 1. The molecule has 0 heterocycles. The summed E-state index contributed by atoms with van der Waals surface area (Å²) >= 11 is 0. The third-order valence-electron chi connectivity index (χ3n) is 3.06. The Morgan fingerprint density at radius 1 is 1.19 bits per heavy atom. The lowest BCUT2D eigenvalue weighted by molar-refractivity contribution is 0.184. The van der Waals surface area contributed by atoms with Crippen LogP contribution in [0.3, 0.4) is 0 Å². The molecule has 2 rings (SSSR count). The monoisotopic (exact) mass is 293 g/mol. The zero-order valence-corrected chi connectivity index (χ0v) is 11.6. The van der Waals surface area contributed by atoms with Gasteiger partial charge >= 0.3 is 0 Å². The van der Waals surface area contributed by atoms with Gasteiger partial charge in [0, 0.05) is 31.0 Å². The Morgan fingerprint density at radius 2 is 2.00 bits per heavy atom. The molecule has 0 aliphatic heterocycles. The van der Waals surface area contributed by atoms with Gasteiger partial charge in [0.1, 0.15) is 11.6 Å². The Kier molecular flexibility index (Phi) is 5.25. The molecule has 2 aromatic carbocycles. The van der Waals surface area contributed by atoms with Gasteiger partial charge in [-0.25, -0.2) is 8.78 Å². The second-order valence-electron chi connectivity index (χ2n) is 4.70. The molecule has 0 aromatic heterocycles. The van der Waals surface area contributed by atoms with E-state index < -0.39 is 17.7 Å². The summed E-state index contributed by atoms with van der Waals surface area (Å²) in [5.74, 6) is -1.42. The number of hydrogen-bond acceptors (Lipinski definition) is 3. The Hall–Kier alpha value is -1.98. The normalized spacial score (nSPS) is 12.2. The molecule has 0 saturated carbocycles. The van der Waals surface area contributed by atoms with Gasteiger partial charge < -0.3 is 15.2 Å². The van der Waals surface area contributed by atoms with Crippen molar-refractivity contribution in [2.75, 3.05) is 19.0 Å². The number of aliphatic hydroxyl groups excluding tert-OH is 1. The van der Waals surface area contributed by atoms with Crippen LogP contribution in [-0.4, -0.2) is 18.8 Å². The minimum atomic E-state index is -1.06. The van der Waals surface area contributed by atoms with Gasteiger partial charge in [-0.05, 0) is 23.8 Å². The van der Waals surface area contributed by atoms with Crippen LogP contribution in [0.4, 0.5) is 14.5 Å². The summed E-state index contributed by atoms with van der Waals surface area (Å²) in [7, 11) is 1.61. The molecule has 1 atom stereocenters. The van der Waals surface area contributed by atoms with Crippen LogP contribution in [0.2, 0.25) is 0 Å². The SMILES string of the molecule is COCc1cccc(NCC(O)c2ccc(F)cc2F)c1. The molecule has 21 heavy (non-hydrogen) atoms. The van der Waals surface area contributed by atoms with Crippen molar-refractivity contribution < 1.29 is 18.6 Å². The average molecular weight is 293 g/mol. The van der Waals surface area contributed by atoms with Crippen molar-refractivity contribution in [2.45, 2.75) is 12.7 Å². The van der Waals surface area contributed by atoms with Crippen LogP contribution in [0.5, 0.6) is 0 Å². The minimum absolute atomic E-state index is 0.0666. The van der Waals surface area contributed by atoms with Crippen LogP contribution in [0.15, 0.2) is 42.5 Å². The fourth-order valence-electron chi connectivity index (χ4n) is 2.03. The highest BCUT2D eigenvalue weighted by Gasteiger charge is 2.13. The second-order valence-corrected chi connectivity index (χ2v) is 4.70. The largest absolute Gasteiger partial charge is 0.386 e. The maximum atomic E-state index is 13.5. The first-order valence-electron chi connectivity index (χ1n) is 6.55. The van der Waals surface area contributed by atoms with E-state index in [0.29, 0.717) is 6.61 Å². The summed E-state index contributed by atoms with van der Waals surface area (Å²) in [6, 6.07) is 10.6. The molecular formula is C16H17F2NO2. The van der Waals surface area contributed by atoms with Gasteiger partial charge in [0.2, 0.25) is 0 Å². The summed E-state index contributed by atoms with van der Waals surface area (Å²) in [6.45, 7) is 0.615. The number of aliphatic hydroxyl groups is 1. The lowest BCUT2D eigenvalue weighted by Gasteiger charge is -2.14. The molecule has 0 amide bonds. The van der Waals surface area contributed by atoms with E-state index in [1.165, 1.54) is 6.07 Å². The summed E-state index contributed by atoms with van der Waals surface area (Å²) < 4.78 is 31.4. The minimum Gasteiger partial charge on any atom is -0.386 e. The van der Waals surface area contributed by atoms with Gasteiger partial charge in [-0.2, -0.15) is 0 Å². The van der Waals surface area contributed by atoms with Crippen LogP contribution in [0, 0.1) is 11.6 Å². The van der Waals surface area contributed by atoms with E-state index in [-0.39, 0.29) is 12.1 Å². The summed E-state index contributed by atoms with van der Waals surface area (Å²) in [6.07, 6.45) is -1.06. The zero-order chi connectivity index (χ0) is 15.2. The van der Waals surface area contributed by atoms with Crippen molar-refractivity contribution in [1.82, 2.24) is 0 Å². The predicted octanol–water partition coefficient (Wildman–Crippen LogP) is 3.26. The fourth-order valence-corrected chi connectivity index (χ4v) is 2.03. The van der Waals surface area contributed by atoms with E-state index in [2.05, 4.69) is 5.32 Å². The van der Waals surface area contributed by atoms with Crippen LogP contribution >= 0.6 is 0 Å². The highest BCUT2D eigenvalue weighted by molar-refractivity contribution is 5.46. The Bertz CT molecular complexity index is 605. The lowest BCUT2D eigenvalue weighted by atomic mass is 10.1. The molecular weight excluding hydrogens is 276 g/mol. The van der Waals surface area contributed by atoms with Crippen molar-refractivity contribution in [2.24, 2.45) is 0 Å². The molecule has 112 valence electrons. The third-order valence-corrected chi connectivity index (χ3v) is 3.06. The molecule has 0 saturated heterocycles. The molecule has 2 aromatic rings. The number of halogens is 2. The van der Waals surface area contributed by atoms with Crippen molar-refractivity contribution >= 4 is 5.69 Å². The number of rotatable bonds is 6. The first kappa shape index (κ1) is 15.4. The van der Waals surface area contributed by atoms with E-state index in [4.69, 9.17) is 4.74 Å². The first-order chi connectivity index (χ1) is 10.1. The fraction of sp³-hybridized carbons (Fsp3) is 0.250. The summed E-state index contributed by atoms with van der Waals surface area (Å²) in [4.78, 5) is 0. The van der Waals surface area contributed by atoms with Crippen molar-refractivity contribution in [3.05, 3.63) is 65.2 Å². The molecule has 3 nitrogen and oxygen atoms in total. The third kappa shape index (κ3) is 4.24. The quantitative estimate of drug-likeness (QED) is 0.859. The van der Waals surface area contributed by atoms with Gasteiger partial charge in [-0.3, -0.25) is 0 Å². The molecule has 0 aliphatic carbocycles. The molecule has 0 aliphatic rings. The summed E-state index contributed by atoms with van der Waals surface area (Å²) in [5.41, 5.74) is 1.85. The maximum absolute atomic E-state index is 13.5. The van der Waals surface area contributed by atoms with Gasteiger partial charge in [-0.1, -0.05) is 18.2 Å². The highest BCUT2D eigenvalue weighted by Crippen LogP contribution is 2.19. The van der Waals surface area contributed by atoms with E-state index in [9.17, 15) is 13.9 Å². The number of benzene rings is 2. The van der Waals surface area contributed by atoms with Gasteiger partial charge in [0.05, 0.1) is 12.7 Å². The van der Waals surface area contributed by atoms with Crippen molar-refractivity contribution in [3.8, 4) is 0 Å². The average Bonchev–Trinajstić information content (AvgIpc) is 2.45. The van der Waals surface area contributed by atoms with Crippen LogP contribution in [0.25, 0.3) is 0 Å². The first-order valence-corrected chi connectivity index (χ1v) is 6.55. The van der Waals surface area contributed by atoms with Gasteiger partial charge in [0.25, 0.3) is 0 Å². The van der Waals surface area contributed by atoms with Crippen molar-refractivity contribution in [1.29, 1.82) is 0 Å².